The van der Waals surface area contributed by atoms with Crippen LogP contribution in [0.1, 0.15) is 50.1 Å². The molecule has 3 aromatic rings. The molecular weight excluding hydrogens is 300 g/mol. The molecule has 1 radical (unpaired) electrons. The summed E-state index contributed by atoms with van der Waals surface area (Å²) in [5.41, 5.74) is 11.9. The lowest BCUT2D eigenvalue weighted by Crippen LogP contribution is -2.10. The van der Waals surface area contributed by atoms with E-state index in [1.54, 1.807) is 0 Å². The molecule has 0 saturated heterocycles. The Labute approximate surface area is 152 Å². The van der Waals surface area contributed by atoms with Gasteiger partial charge in [0.1, 0.15) is 0 Å². The first-order valence-corrected chi connectivity index (χ1v) is 8.96. The standard InChI is InChI=1S/C25H27/c1-16-7-10-22(19(4)13-16)25(23-11-8-17(2)14-20(23)5)24-12-9-18(3)15-21(24)6/h7-15H,1-6H3. The van der Waals surface area contributed by atoms with Gasteiger partial charge < -0.3 is 0 Å². The van der Waals surface area contributed by atoms with E-state index in [0.717, 1.165) is 0 Å². The molecule has 0 aliphatic rings. The minimum absolute atomic E-state index is 1.31. The van der Waals surface area contributed by atoms with Crippen molar-refractivity contribution in [3.8, 4) is 0 Å². The summed E-state index contributed by atoms with van der Waals surface area (Å²) in [7, 11) is 0. The number of hydrogen-bond acceptors (Lipinski definition) is 0. The number of hydrogen-bond donors (Lipinski definition) is 0. The van der Waals surface area contributed by atoms with Gasteiger partial charge in [0.25, 0.3) is 0 Å². The number of benzene rings is 3. The van der Waals surface area contributed by atoms with E-state index in [1.165, 1.54) is 56.0 Å². The van der Waals surface area contributed by atoms with E-state index < -0.39 is 0 Å². The molecule has 0 heterocycles. The highest BCUT2D eigenvalue weighted by Gasteiger charge is 2.23. The molecule has 0 aliphatic heterocycles. The van der Waals surface area contributed by atoms with Gasteiger partial charge in [-0.2, -0.15) is 0 Å². The summed E-state index contributed by atoms with van der Waals surface area (Å²) >= 11 is 0. The van der Waals surface area contributed by atoms with Crippen molar-refractivity contribution in [2.45, 2.75) is 41.5 Å². The largest absolute Gasteiger partial charge is 0.0637 e. The van der Waals surface area contributed by atoms with Crippen LogP contribution in [0.15, 0.2) is 54.6 Å². The Morgan fingerprint density at radius 2 is 0.720 bits per heavy atom. The average molecular weight is 327 g/mol. The zero-order valence-electron chi connectivity index (χ0n) is 16.2. The second-order valence-corrected chi connectivity index (χ2v) is 7.33. The fraction of sp³-hybridized carbons (Fsp3) is 0.240. The lowest BCUT2D eigenvalue weighted by atomic mass is 9.79. The van der Waals surface area contributed by atoms with Crippen LogP contribution in [0, 0.1) is 47.5 Å². The molecule has 0 saturated carbocycles. The molecule has 0 N–H and O–H groups in total. The summed E-state index contributed by atoms with van der Waals surface area (Å²) in [5, 5.41) is 0. The molecule has 3 rings (SSSR count). The van der Waals surface area contributed by atoms with E-state index in [4.69, 9.17) is 0 Å². The highest BCUT2D eigenvalue weighted by atomic mass is 14.3. The van der Waals surface area contributed by atoms with Gasteiger partial charge in [0, 0.05) is 0 Å². The van der Waals surface area contributed by atoms with Crippen LogP contribution < -0.4 is 0 Å². The predicted octanol–water partition coefficient (Wildman–Crippen LogP) is 6.56. The van der Waals surface area contributed by atoms with Gasteiger partial charge in [0.15, 0.2) is 0 Å². The average Bonchev–Trinajstić information content (AvgIpc) is 2.52. The Hall–Kier alpha value is -2.34. The van der Waals surface area contributed by atoms with Gasteiger partial charge in [-0.25, -0.2) is 0 Å². The topological polar surface area (TPSA) is 0 Å². The monoisotopic (exact) mass is 327 g/mol. The van der Waals surface area contributed by atoms with Gasteiger partial charge in [-0.1, -0.05) is 71.3 Å². The van der Waals surface area contributed by atoms with Crippen molar-refractivity contribution in [2.24, 2.45) is 0 Å². The molecule has 0 aromatic heterocycles. The van der Waals surface area contributed by atoms with E-state index in [9.17, 15) is 0 Å². The molecule has 0 spiro atoms. The highest BCUT2D eigenvalue weighted by molar-refractivity contribution is 5.63. The maximum atomic E-state index is 2.28. The van der Waals surface area contributed by atoms with E-state index in [-0.39, 0.29) is 0 Å². The molecule has 127 valence electrons. The van der Waals surface area contributed by atoms with Gasteiger partial charge >= 0.3 is 0 Å². The zero-order chi connectivity index (χ0) is 18.1. The van der Waals surface area contributed by atoms with Gasteiger partial charge in [0.05, 0.1) is 5.92 Å². The van der Waals surface area contributed by atoms with Crippen LogP contribution in [0.2, 0.25) is 0 Å². The third-order valence-electron chi connectivity index (χ3n) is 4.95. The molecule has 25 heavy (non-hydrogen) atoms. The zero-order valence-corrected chi connectivity index (χ0v) is 16.2. The maximum Gasteiger partial charge on any atom is 0.0637 e. The fourth-order valence-corrected chi connectivity index (χ4v) is 3.72. The second-order valence-electron chi connectivity index (χ2n) is 7.33. The number of aryl methyl sites for hydroxylation is 6. The molecular formula is C25H27. The third-order valence-corrected chi connectivity index (χ3v) is 4.95. The van der Waals surface area contributed by atoms with Crippen molar-refractivity contribution in [2.75, 3.05) is 0 Å². The van der Waals surface area contributed by atoms with E-state index in [1.807, 2.05) is 0 Å². The first-order valence-electron chi connectivity index (χ1n) is 8.96. The van der Waals surface area contributed by atoms with Crippen molar-refractivity contribution >= 4 is 0 Å². The smallest absolute Gasteiger partial charge is 0.0590 e. The Morgan fingerprint density at radius 3 is 0.960 bits per heavy atom. The molecule has 0 fully saturated rings. The molecule has 3 aromatic carbocycles. The lowest BCUT2D eigenvalue weighted by Gasteiger charge is -2.24. The third kappa shape index (κ3) is 3.54. The van der Waals surface area contributed by atoms with Crippen molar-refractivity contribution in [3.63, 3.8) is 0 Å². The molecule has 0 nitrogen and oxygen atoms in total. The first-order chi connectivity index (χ1) is 11.9. The van der Waals surface area contributed by atoms with E-state index >= 15 is 0 Å². The first kappa shape index (κ1) is 17.5. The summed E-state index contributed by atoms with van der Waals surface area (Å²) in [6.07, 6.45) is 0. The highest BCUT2D eigenvalue weighted by Crippen LogP contribution is 2.36. The van der Waals surface area contributed by atoms with Gasteiger partial charge in [0.2, 0.25) is 0 Å². The quantitative estimate of drug-likeness (QED) is 0.478. The Morgan fingerprint density at radius 1 is 0.440 bits per heavy atom. The molecule has 0 amide bonds. The van der Waals surface area contributed by atoms with Crippen LogP contribution in [0.3, 0.4) is 0 Å². The fourth-order valence-electron chi connectivity index (χ4n) is 3.72. The molecule has 0 atom stereocenters. The minimum Gasteiger partial charge on any atom is -0.0590 e. The van der Waals surface area contributed by atoms with Crippen LogP contribution in [-0.4, -0.2) is 0 Å². The van der Waals surface area contributed by atoms with Gasteiger partial charge in [-0.05, 0) is 74.9 Å². The van der Waals surface area contributed by atoms with Crippen LogP contribution in [-0.2, 0) is 0 Å². The molecule has 0 unspecified atom stereocenters. The van der Waals surface area contributed by atoms with E-state index in [2.05, 4.69) is 96.1 Å². The summed E-state index contributed by atoms with van der Waals surface area (Å²) in [4.78, 5) is 0. The molecule has 0 heteroatoms. The van der Waals surface area contributed by atoms with Crippen molar-refractivity contribution in [1.82, 2.24) is 0 Å². The van der Waals surface area contributed by atoms with Crippen LogP contribution >= 0.6 is 0 Å². The van der Waals surface area contributed by atoms with E-state index in [0.29, 0.717) is 0 Å². The Balaban J connectivity index is 2.27. The summed E-state index contributed by atoms with van der Waals surface area (Å²) < 4.78 is 0. The van der Waals surface area contributed by atoms with Gasteiger partial charge in [-0.15, -0.1) is 0 Å². The van der Waals surface area contributed by atoms with Crippen LogP contribution in [0.4, 0.5) is 0 Å². The summed E-state index contributed by atoms with van der Waals surface area (Å²) in [6, 6.07) is 20.3. The Kier molecular flexibility index (Phi) is 4.81. The van der Waals surface area contributed by atoms with Crippen molar-refractivity contribution in [3.05, 3.63) is 111 Å². The van der Waals surface area contributed by atoms with Gasteiger partial charge in [-0.3, -0.25) is 0 Å². The minimum atomic E-state index is 1.31. The summed E-state index contributed by atoms with van der Waals surface area (Å²) in [6.45, 7) is 13.1. The predicted molar refractivity (Wildman–Crippen MR) is 108 cm³/mol. The van der Waals surface area contributed by atoms with Crippen molar-refractivity contribution in [1.29, 1.82) is 0 Å². The number of rotatable bonds is 3. The normalized spacial score (nSPS) is 11.2. The van der Waals surface area contributed by atoms with Crippen molar-refractivity contribution < 1.29 is 0 Å². The second kappa shape index (κ2) is 6.88. The van der Waals surface area contributed by atoms with Crippen LogP contribution in [0.5, 0.6) is 0 Å². The lowest BCUT2D eigenvalue weighted by molar-refractivity contribution is 1.13. The summed E-state index contributed by atoms with van der Waals surface area (Å²) in [5.74, 6) is 1.34. The molecule has 0 bridgehead atoms. The Bertz CT molecular complexity index is 793. The maximum absolute atomic E-state index is 2.28. The SMILES string of the molecule is Cc1ccc([C](c2ccc(C)cc2C)c2ccc(C)cc2C)c(C)c1. The molecule has 0 aliphatic carbocycles. The van der Waals surface area contributed by atoms with Crippen LogP contribution in [0.25, 0.3) is 0 Å².